The molecular formula is C13H17F2N3O2. The molecule has 7 heteroatoms. The zero-order valence-electron chi connectivity index (χ0n) is 11.5. The Morgan fingerprint density at radius 2 is 1.90 bits per heavy atom. The first kappa shape index (κ1) is 15.9. The lowest BCUT2D eigenvalue weighted by Crippen LogP contribution is -2.41. The predicted molar refractivity (Wildman–Crippen MR) is 71.0 cm³/mol. The Labute approximate surface area is 115 Å². The van der Waals surface area contributed by atoms with E-state index in [1.807, 2.05) is 0 Å². The molecule has 1 aromatic carbocycles. The molecule has 0 aliphatic carbocycles. The van der Waals surface area contributed by atoms with E-state index in [1.54, 1.807) is 13.8 Å². The van der Waals surface area contributed by atoms with Crippen LogP contribution in [0.5, 0.6) is 0 Å². The maximum atomic E-state index is 13.5. The van der Waals surface area contributed by atoms with Gasteiger partial charge in [0.25, 0.3) is 5.91 Å². The highest BCUT2D eigenvalue weighted by Gasteiger charge is 2.20. The fraction of sp³-hybridized carbons (Fsp3) is 0.385. The smallest absolute Gasteiger partial charge is 0.257 e. The van der Waals surface area contributed by atoms with Crippen molar-refractivity contribution in [1.29, 1.82) is 0 Å². The number of likely N-dealkylation sites (N-methyl/N-ethyl adjacent to an activating group) is 1. The van der Waals surface area contributed by atoms with Gasteiger partial charge in [-0.3, -0.25) is 9.59 Å². The van der Waals surface area contributed by atoms with Crippen LogP contribution in [0.1, 0.15) is 24.2 Å². The third-order valence-corrected chi connectivity index (χ3v) is 2.49. The summed E-state index contributed by atoms with van der Waals surface area (Å²) in [5.41, 5.74) is 4.61. The number of amides is 2. The Bertz CT molecular complexity index is 533. The fourth-order valence-electron chi connectivity index (χ4n) is 1.59. The third kappa shape index (κ3) is 3.91. The number of benzene rings is 1. The lowest BCUT2D eigenvalue weighted by atomic mass is 10.1. The summed E-state index contributed by atoms with van der Waals surface area (Å²) in [4.78, 5) is 24.5. The fourth-order valence-corrected chi connectivity index (χ4v) is 1.59. The summed E-state index contributed by atoms with van der Waals surface area (Å²) in [5, 5.41) is 2.60. The molecule has 0 saturated carbocycles. The second-order valence-corrected chi connectivity index (χ2v) is 4.74. The molecule has 0 aliphatic heterocycles. The normalized spacial score (nSPS) is 10.5. The number of carbonyl (C=O) groups is 2. The highest BCUT2D eigenvalue weighted by molar-refractivity contribution is 5.97. The van der Waals surface area contributed by atoms with E-state index in [0.29, 0.717) is 6.07 Å². The molecule has 0 fully saturated rings. The van der Waals surface area contributed by atoms with Crippen molar-refractivity contribution in [3.8, 4) is 0 Å². The zero-order valence-corrected chi connectivity index (χ0v) is 11.5. The standard InChI is InChI=1S/C13H17F2N3O2/c1-7(2)17-12(19)6-18(3)13(20)8-4-11(16)10(15)5-9(8)14/h4-5,7H,6,16H2,1-3H3,(H,17,19). The van der Waals surface area contributed by atoms with Crippen molar-refractivity contribution >= 4 is 17.5 Å². The Kier molecular flexibility index (Phi) is 5.01. The molecule has 1 rings (SSSR count). The van der Waals surface area contributed by atoms with Gasteiger partial charge in [-0.1, -0.05) is 0 Å². The van der Waals surface area contributed by atoms with Crippen molar-refractivity contribution in [2.75, 3.05) is 19.3 Å². The second-order valence-electron chi connectivity index (χ2n) is 4.74. The highest BCUT2D eigenvalue weighted by Crippen LogP contribution is 2.17. The Balaban J connectivity index is 2.84. The molecule has 0 aliphatic rings. The lowest BCUT2D eigenvalue weighted by Gasteiger charge is -2.18. The van der Waals surface area contributed by atoms with Gasteiger partial charge >= 0.3 is 0 Å². The van der Waals surface area contributed by atoms with E-state index in [0.717, 1.165) is 11.0 Å². The lowest BCUT2D eigenvalue weighted by molar-refractivity contribution is -0.122. The first-order chi connectivity index (χ1) is 9.22. The maximum Gasteiger partial charge on any atom is 0.257 e. The molecule has 3 N–H and O–H groups in total. The number of rotatable bonds is 4. The number of nitrogens with zero attached hydrogens (tertiary/aromatic N) is 1. The Hall–Kier alpha value is -2.18. The van der Waals surface area contributed by atoms with Gasteiger partial charge in [0.15, 0.2) is 0 Å². The summed E-state index contributed by atoms with van der Waals surface area (Å²) < 4.78 is 26.6. The van der Waals surface area contributed by atoms with Gasteiger partial charge in [-0.25, -0.2) is 8.78 Å². The van der Waals surface area contributed by atoms with E-state index >= 15 is 0 Å². The van der Waals surface area contributed by atoms with Gasteiger partial charge < -0.3 is 16.0 Å². The summed E-state index contributed by atoms with van der Waals surface area (Å²) in [6, 6.07) is 1.40. The van der Waals surface area contributed by atoms with E-state index < -0.39 is 17.5 Å². The quantitative estimate of drug-likeness (QED) is 0.815. The molecule has 0 bridgehead atoms. The average molecular weight is 285 g/mol. The van der Waals surface area contributed by atoms with E-state index in [-0.39, 0.29) is 29.7 Å². The number of halogens is 2. The number of anilines is 1. The minimum absolute atomic E-state index is 0.0656. The third-order valence-electron chi connectivity index (χ3n) is 2.49. The summed E-state index contributed by atoms with van der Waals surface area (Å²) in [6.45, 7) is 3.33. The SMILES string of the molecule is CC(C)NC(=O)CN(C)C(=O)c1cc(N)c(F)cc1F. The number of nitrogens with two attached hydrogens (primary N) is 1. The van der Waals surface area contributed by atoms with Crippen LogP contribution in [0.2, 0.25) is 0 Å². The monoisotopic (exact) mass is 285 g/mol. The Morgan fingerprint density at radius 1 is 1.30 bits per heavy atom. The molecule has 110 valence electrons. The van der Waals surface area contributed by atoms with Crippen LogP contribution < -0.4 is 11.1 Å². The van der Waals surface area contributed by atoms with Crippen LogP contribution in [0.25, 0.3) is 0 Å². The number of hydrogen-bond donors (Lipinski definition) is 2. The zero-order chi connectivity index (χ0) is 15.4. The van der Waals surface area contributed by atoms with Gasteiger partial charge in [0.05, 0.1) is 17.8 Å². The molecule has 0 heterocycles. The van der Waals surface area contributed by atoms with Crippen molar-refractivity contribution in [1.82, 2.24) is 10.2 Å². The molecule has 0 unspecified atom stereocenters. The van der Waals surface area contributed by atoms with Gasteiger partial charge in [-0.2, -0.15) is 0 Å². The summed E-state index contributed by atoms with van der Waals surface area (Å²) >= 11 is 0. The van der Waals surface area contributed by atoms with E-state index in [4.69, 9.17) is 5.73 Å². The summed E-state index contributed by atoms with van der Waals surface area (Å²) in [7, 11) is 1.35. The maximum absolute atomic E-state index is 13.5. The van der Waals surface area contributed by atoms with Crippen LogP contribution in [0, 0.1) is 11.6 Å². The van der Waals surface area contributed by atoms with E-state index in [1.165, 1.54) is 7.05 Å². The minimum Gasteiger partial charge on any atom is -0.396 e. The van der Waals surface area contributed by atoms with Gasteiger partial charge in [0.1, 0.15) is 11.6 Å². The molecule has 0 aromatic heterocycles. The van der Waals surface area contributed by atoms with Crippen LogP contribution >= 0.6 is 0 Å². The van der Waals surface area contributed by atoms with Crippen molar-refractivity contribution in [3.05, 3.63) is 29.3 Å². The minimum atomic E-state index is -1.02. The van der Waals surface area contributed by atoms with E-state index in [9.17, 15) is 18.4 Å². The number of nitrogens with one attached hydrogen (secondary N) is 1. The Morgan fingerprint density at radius 3 is 2.45 bits per heavy atom. The number of carbonyl (C=O) groups excluding carboxylic acids is 2. The molecule has 0 radical (unpaired) electrons. The second kappa shape index (κ2) is 6.31. The van der Waals surface area contributed by atoms with Gasteiger partial charge in [-0.15, -0.1) is 0 Å². The molecule has 0 spiro atoms. The first-order valence-corrected chi connectivity index (χ1v) is 6.01. The molecule has 0 atom stereocenters. The number of nitrogen functional groups attached to an aromatic ring is 1. The molecule has 20 heavy (non-hydrogen) atoms. The van der Waals surface area contributed by atoms with Crippen molar-refractivity contribution in [2.24, 2.45) is 0 Å². The van der Waals surface area contributed by atoms with Crippen LogP contribution in [0.4, 0.5) is 14.5 Å². The van der Waals surface area contributed by atoms with Crippen LogP contribution in [-0.4, -0.2) is 36.3 Å². The summed E-state index contributed by atoms with van der Waals surface area (Å²) in [6.07, 6.45) is 0. The van der Waals surface area contributed by atoms with Gasteiger partial charge in [0.2, 0.25) is 5.91 Å². The molecule has 2 amide bonds. The summed E-state index contributed by atoms with van der Waals surface area (Å²) in [5.74, 6) is -3.06. The first-order valence-electron chi connectivity index (χ1n) is 6.01. The van der Waals surface area contributed by atoms with E-state index in [2.05, 4.69) is 5.32 Å². The number of hydrogen-bond acceptors (Lipinski definition) is 3. The van der Waals surface area contributed by atoms with Crippen molar-refractivity contribution in [2.45, 2.75) is 19.9 Å². The predicted octanol–water partition coefficient (Wildman–Crippen LogP) is 1.14. The molecular weight excluding hydrogens is 268 g/mol. The van der Waals surface area contributed by atoms with Crippen molar-refractivity contribution < 1.29 is 18.4 Å². The highest BCUT2D eigenvalue weighted by atomic mass is 19.1. The van der Waals surface area contributed by atoms with Gasteiger partial charge in [0, 0.05) is 19.2 Å². The topological polar surface area (TPSA) is 75.4 Å². The largest absolute Gasteiger partial charge is 0.396 e. The molecule has 5 nitrogen and oxygen atoms in total. The van der Waals surface area contributed by atoms with Crippen LogP contribution in [0.3, 0.4) is 0 Å². The molecule has 0 saturated heterocycles. The van der Waals surface area contributed by atoms with Crippen LogP contribution in [-0.2, 0) is 4.79 Å². The van der Waals surface area contributed by atoms with Crippen molar-refractivity contribution in [3.63, 3.8) is 0 Å². The van der Waals surface area contributed by atoms with Crippen LogP contribution in [0.15, 0.2) is 12.1 Å². The van der Waals surface area contributed by atoms with Gasteiger partial charge in [-0.05, 0) is 19.9 Å². The average Bonchev–Trinajstić information content (AvgIpc) is 2.31. The molecule has 1 aromatic rings.